The molecule has 188 valence electrons. The molecule has 0 aromatic rings. The Morgan fingerprint density at radius 2 is 1.27 bits per heavy atom. The van der Waals surface area contributed by atoms with Crippen LogP contribution in [0.4, 0.5) is 0 Å². The van der Waals surface area contributed by atoms with Gasteiger partial charge >= 0.3 is 17.9 Å². The number of carboxylic acid groups (broad SMARTS) is 3. The zero-order chi connectivity index (χ0) is 25.6. The number of unbranched alkanes of at least 4 members (excludes halogenated alkanes) is 1. The Labute approximate surface area is 190 Å². The first-order chi connectivity index (χ1) is 15.4. The van der Waals surface area contributed by atoms with Gasteiger partial charge in [-0.2, -0.15) is 0 Å². The summed E-state index contributed by atoms with van der Waals surface area (Å²) in [5.41, 5.74) is 11.0. The van der Waals surface area contributed by atoms with Crippen molar-refractivity contribution in [3.05, 3.63) is 0 Å². The van der Waals surface area contributed by atoms with E-state index in [2.05, 4.69) is 16.0 Å². The number of hydrogen-bond donors (Lipinski definition) is 8. The van der Waals surface area contributed by atoms with Crippen LogP contribution in [0.5, 0.6) is 0 Å². The Morgan fingerprint density at radius 1 is 0.727 bits per heavy atom. The number of carbonyl (C=O) groups is 6. The van der Waals surface area contributed by atoms with E-state index >= 15 is 0 Å². The molecule has 14 heteroatoms. The van der Waals surface area contributed by atoms with Crippen molar-refractivity contribution in [2.75, 3.05) is 6.54 Å². The summed E-state index contributed by atoms with van der Waals surface area (Å²) in [4.78, 5) is 69.9. The zero-order valence-corrected chi connectivity index (χ0v) is 18.4. The first-order valence-corrected chi connectivity index (χ1v) is 10.4. The number of hydrogen-bond acceptors (Lipinski definition) is 8. The minimum absolute atomic E-state index is 0.0958. The summed E-state index contributed by atoms with van der Waals surface area (Å²) >= 11 is 0. The van der Waals surface area contributed by atoms with E-state index in [0.29, 0.717) is 19.4 Å². The average molecular weight is 475 g/mol. The van der Waals surface area contributed by atoms with E-state index in [0.717, 1.165) is 0 Å². The van der Waals surface area contributed by atoms with Crippen LogP contribution in [0.2, 0.25) is 0 Å². The van der Waals surface area contributed by atoms with Crippen molar-refractivity contribution in [1.82, 2.24) is 16.0 Å². The number of nitrogens with two attached hydrogens (primary N) is 2. The van der Waals surface area contributed by atoms with Crippen LogP contribution in [0.1, 0.15) is 51.9 Å². The van der Waals surface area contributed by atoms with Gasteiger partial charge in [-0.1, -0.05) is 0 Å². The van der Waals surface area contributed by atoms with Gasteiger partial charge in [0.2, 0.25) is 17.7 Å². The number of aliphatic carboxylic acids is 3. The smallest absolute Gasteiger partial charge is 0.326 e. The highest BCUT2D eigenvalue weighted by Gasteiger charge is 2.29. The minimum Gasteiger partial charge on any atom is -0.481 e. The lowest BCUT2D eigenvalue weighted by Crippen LogP contribution is -2.56. The number of carbonyl (C=O) groups excluding carboxylic acids is 3. The van der Waals surface area contributed by atoms with E-state index in [-0.39, 0.29) is 25.7 Å². The second-order valence-corrected chi connectivity index (χ2v) is 7.45. The molecule has 0 fully saturated rings. The van der Waals surface area contributed by atoms with Gasteiger partial charge in [-0.15, -0.1) is 0 Å². The maximum absolute atomic E-state index is 12.6. The third-order valence-corrected chi connectivity index (χ3v) is 4.60. The minimum atomic E-state index is -1.37. The lowest BCUT2D eigenvalue weighted by atomic mass is 10.1. The molecule has 3 amide bonds. The van der Waals surface area contributed by atoms with Crippen LogP contribution >= 0.6 is 0 Å². The number of amides is 3. The van der Waals surface area contributed by atoms with Gasteiger partial charge in [0.15, 0.2) is 0 Å². The van der Waals surface area contributed by atoms with Crippen molar-refractivity contribution in [2.24, 2.45) is 11.5 Å². The van der Waals surface area contributed by atoms with E-state index in [1.54, 1.807) is 0 Å². The normalized spacial score (nSPS) is 14.3. The van der Waals surface area contributed by atoms with Gasteiger partial charge in [-0.3, -0.25) is 24.0 Å². The van der Waals surface area contributed by atoms with Gasteiger partial charge in [-0.05, 0) is 45.6 Å². The Balaban J connectivity index is 5.11. The molecule has 4 unspecified atom stereocenters. The SMILES string of the molecule is CC(NC(=O)C(N)CCC(=O)O)C(=O)NC(CCC(=O)O)C(=O)NC(CCCCN)C(=O)O. The fraction of sp³-hybridized carbons (Fsp3) is 0.684. The molecule has 0 saturated heterocycles. The summed E-state index contributed by atoms with van der Waals surface area (Å²) in [5, 5.41) is 33.7. The van der Waals surface area contributed by atoms with E-state index in [9.17, 15) is 33.9 Å². The maximum atomic E-state index is 12.6. The van der Waals surface area contributed by atoms with E-state index in [1.807, 2.05) is 0 Å². The average Bonchev–Trinajstić information content (AvgIpc) is 2.73. The lowest BCUT2D eigenvalue weighted by Gasteiger charge is -2.23. The first-order valence-electron chi connectivity index (χ1n) is 10.4. The zero-order valence-electron chi connectivity index (χ0n) is 18.4. The largest absolute Gasteiger partial charge is 0.481 e. The molecule has 0 spiro atoms. The van der Waals surface area contributed by atoms with Crippen LogP contribution in [0, 0.1) is 0 Å². The van der Waals surface area contributed by atoms with Crippen molar-refractivity contribution in [2.45, 2.75) is 76.0 Å². The van der Waals surface area contributed by atoms with Crippen molar-refractivity contribution >= 4 is 35.6 Å². The standard InChI is InChI=1S/C19H33N5O9/c1-10(22-17(30)11(21)5-7-14(25)26)16(29)23-12(6-8-15(27)28)18(31)24-13(19(32)33)4-2-3-9-20/h10-13H,2-9,20-21H2,1H3,(H,22,30)(H,23,29)(H,24,31)(H,25,26)(H,27,28)(H,32,33). The Morgan fingerprint density at radius 3 is 1.79 bits per heavy atom. The Hall–Kier alpha value is -3.26. The topological polar surface area (TPSA) is 251 Å². The summed E-state index contributed by atoms with van der Waals surface area (Å²) in [7, 11) is 0. The monoisotopic (exact) mass is 475 g/mol. The lowest BCUT2D eigenvalue weighted by molar-refractivity contribution is -0.143. The molecule has 0 aliphatic rings. The number of nitrogens with one attached hydrogen (secondary N) is 3. The Bertz CT molecular complexity index is 716. The highest BCUT2D eigenvalue weighted by molar-refractivity contribution is 5.94. The Kier molecular flexibility index (Phi) is 14.0. The van der Waals surface area contributed by atoms with Gasteiger partial charge in [-0.25, -0.2) is 4.79 Å². The summed E-state index contributed by atoms with van der Waals surface area (Å²) in [5.74, 6) is -6.17. The van der Waals surface area contributed by atoms with Crippen LogP contribution in [-0.2, 0) is 28.8 Å². The van der Waals surface area contributed by atoms with Crippen LogP contribution in [0.25, 0.3) is 0 Å². The van der Waals surface area contributed by atoms with Crippen molar-refractivity contribution in [3.63, 3.8) is 0 Å². The summed E-state index contributed by atoms with van der Waals surface area (Å²) < 4.78 is 0. The highest BCUT2D eigenvalue weighted by Crippen LogP contribution is 2.05. The van der Waals surface area contributed by atoms with Gasteiger partial charge in [0.05, 0.1) is 6.04 Å². The predicted molar refractivity (Wildman–Crippen MR) is 114 cm³/mol. The van der Waals surface area contributed by atoms with Crippen molar-refractivity contribution in [1.29, 1.82) is 0 Å². The fourth-order valence-electron chi connectivity index (χ4n) is 2.65. The van der Waals surface area contributed by atoms with Crippen molar-refractivity contribution in [3.8, 4) is 0 Å². The molecule has 0 radical (unpaired) electrons. The fourth-order valence-corrected chi connectivity index (χ4v) is 2.65. The molecule has 0 saturated carbocycles. The molecule has 14 nitrogen and oxygen atoms in total. The first kappa shape index (κ1) is 29.7. The second-order valence-electron chi connectivity index (χ2n) is 7.45. The molecule has 0 aromatic heterocycles. The van der Waals surface area contributed by atoms with E-state index in [4.69, 9.17) is 21.7 Å². The van der Waals surface area contributed by atoms with Crippen LogP contribution in [-0.4, -0.2) is 81.7 Å². The summed E-state index contributed by atoms with van der Waals surface area (Å²) in [6, 6.07) is -4.98. The molecular formula is C19H33N5O9. The molecule has 4 atom stereocenters. The summed E-state index contributed by atoms with van der Waals surface area (Å²) in [6.07, 6.45) is -0.221. The molecule has 0 aliphatic carbocycles. The predicted octanol–water partition coefficient (Wildman–Crippen LogP) is -2.27. The molecule has 10 N–H and O–H groups in total. The van der Waals surface area contributed by atoms with Crippen LogP contribution in [0.3, 0.4) is 0 Å². The molecule has 0 bridgehead atoms. The van der Waals surface area contributed by atoms with Crippen molar-refractivity contribution < 1.29 is 44.1 Å². The van der Waals surface area contributed by atoms with Crippen LogP contribution in [0.15, 0.2) is 0 Å². The number of carboxylic acids is 3. The van der Waals surface area contributed by atoms with E-state index < -0.39 is 66.2 Å². The summed E-state index contributed by atoms with van der Waals surface area (Å²) in [6.45, 7) is 1.64. The van der Waals surface area contributed by atoms with Crippen LogP contribution < -0.4 is 27.4 Å². The van der Waals surface area contributed by atoms with Gasteiger partial charge in [0.1, 0.15) is 18.1 Å². The highest BCUT2D eigenvalue weighted by atomic mass is 16.4. The van der Waals surface area contributed by atoms with Gasteiger partial charge in [0, 0.05) is 12.8 Å². The third kappa shape index (κ3) is 13.0. The maximum Gasteiger partial charge on any atom is 0.326 e. The molecule has 33 heavy (non-hydrogen) atoms. The molecule has 0 rings (SSSR count). The van der Waals surface area contributed by atoms with E-state index in [1.165, 1.54) is 6.92 Å². The molecule has 0 aliphatic heterocycles. The molecule has 0 heterocycles. The molecular weight excluding hydrogens is 442 g/mol. The van der Waals surface area contributed by atoms with Gasteiger partial charge < -0.3 is 42.7 Å². The number of rotatable bonds is 17. The molecule has 0 aromatic carbocycles. The van der Waals surface area contributed by atoms with Gasteiger partial charge in [0.25, 0.3) is 0 Å². The second kappa shape index (κ2) is 15.5. The quantitative estimate of drug-likeness (QED) is 0.104. The third-order valence-electron chi connectivity index (χ3n) is 4.60.